The maximum absolute atomic E-state index is 13.3. The van der Waals surface area contributed by atoms with Gasteiger partial charge in [0.1, 0.15) is 11.8 Å². The summed E-state index contributed by atoms with van der Waals surface area (Å²) in [7, 11) is 0. The average molecular weight is 544 g/mol. The van der Waals surface area contributed by atoms with Gasteiger partial charge in [0.05, 0.1) is 4.47 Å². The van der Waals surface area contributed by atoms with Crippen LogP contribution in [0.4, 0.5) is 0 Å². The van der Waals surface area contributed by atoms with Crippen molar-refractivity contribution in [1.29, 1.82) is 0 Å². The molecule has 0 bridgehead atoms. The number of carbonyl (C=O) groups excluding carboxylic acids is 2. The van der Waals surface area contributed by atoms with E-state index in [4.69, 9.17) is 16.3 Å². The van der Waals surface area contributed by atoms with Gasteiger partial charge in [-0.3, -0.25) is 9.59 Å². The molecule has 0 spiro atoms. The second-order valence-corrected chi connectivity index (χ2v) is 9.93. The van der Waals surface area contributed by atoms with Crippen LogP contribution >= 0.6 is 27.5 Å². The van der Waals surface area contributed by atoms with E-state index in [2.05, 4.69) is 21.2 Å². The SMILES string of the molecule is CC(C(=O)NC1CCCC1)N(Cc1cccc(Cl)c1)C(=O)COc1ccc2ccccc2c1Br. The Morgan fingerprint density at radius 3 is 2.65 bits per heavy atom. The fraction of sp³-hybridized carbons (Fsp3) is 0.333. The largest absolute Gasteiger partial charge is 0.483 e. The van der Waals surface area contributed by atoms with E-state index in [9.17, 15) is 9.59 Å². The summed E-state index contributed by atoms with van der Waals surface area (Å²) in [6, 6.07) is 18.6. The van der Waals surface area contributed by atoms with Gasteiger partial charge in [-0.1, -0.05) is 66.9 Å². The van der Waals surface area contributed by atoms with Crippen molar-refractivity contribution in [2.45, 2.75) is 51.2 Å². The van der Waals surface area contributed by atoms with E-state index >= 15 is 0 Å². The van der Waals surface area contributed by atoms with E-state index in [1.807, 2.05) is 54.6 Å². The van der Waals surface area contributed by atoms with Crippen molar-refractivity contribution < 1.29 is 14.3 Å². The Balaban J connectivity index is 1.50. The van der Waals surface area contributed by atoms with Crippen molar-refractivity contribution in [3.63, 3.8) is 0 Å². The molecule has 3 aromatic rings. The van der Waals surface area contributed by atoms with Gasteiger partial charge < -0.3 is 15.0 Å². The lowest BCUT2D eigenvalue weighted by Crippen LogP contribution is -2.50. The van der Waals surface area contributed by atoms with Gasteiger partial charge in [0.2, 0.25) is 5.91 Å². The van der Waals surface area contributed by atoms with E-state index in [0.717, 1.165) is 46.5 Å². The monoisotopic (exact) mass is 542 g/mol. The second-order valence-electron chi connectivity index (χ2n) is 8.70. The van der Waals surface area contributed by atoms with Crippen LogP contribution in [0.5, 0.6) is 5.75 Å². The van der Waals surface area contributed by atoms with Gasteiger partial charge in [0.25, 0.3) is 5.91 Å². The first-order valence-corrected chi connectivity index (χ1v) is 12.7. The molecule has 178 valence electrons. The summed E-state index contributed by atoms with van der Waals surface area (Å²) in [5.74, 6) is 0.168. The Hall–Kier alpha value is -2.57. The number of nitrogens with zero attached hydrogens (tertiary/aromatic N) is 1. The topological polar surface area (TPSA) is 58.6 Å². The molecule has 0 aliphatic heterocycles. The van der Waals surface area contributed by atoms with Crippen molar-refractivity contribution in [2.75, 3.05) is 6.61 Å². The number of rotatable bonds is 8. The third-order valence-electron chi connectivity index (χ3n) is 6.29. The highest BCUT2D eigenvalue weighted by molar-refractivity contribution is 9.10. The quantitative estimate of drug-likeness (QED) is 0.373. The number of hydrogen-bond donors (Lipinski definition) is 1. The van der Waals surface area contributed by atoms with Gasteiger partial charge in [-0.2, -0.15) is 0 Å². The van der Waals surface area contributed by atoms with Crippen molar-refractivity contribution >= 4 is 50.1 Å². The zero-order valence-corrected chi connectivity index (χ0v) is 21.4. The van der Waals surface area contributed by atoms with Gasteiger partial charge in [-0.15, -0.1) is 0 Å². The lowest BCUT2D eigenvalue weighted by atomic mass is 10.1. The van der Waals surface area contributed by atoms with Crippen LogP contribution in [0.2, 0.25) is 5.02 Å². The van der Waals surface area contributed by atoms with Crippen LogP contribution in [-0.2, 0) is 16.1 Å². The Morgan fingerprint density at radius 1 is 1.12 bits per heavy atom. The first-order valence-electron chi connectivity index (χ1n) is 11.6. The van der Waals surface area contributed by atoms with E-state index in [1.54, 1.807) is 17.9 Å². The normalized spacial score (nSPS) is 14.7. The highest BCUT2D eigenvalue weighted by atomic mass is 79.9. The molecule has 4 rings (SSSR count). The molecule has 0 heterocycles. The Labute approximate surface area is 213 Å². The van der Waals surface area contributed by atoms with Crippen molar-refractivity contribution in [1.82, 2.24) is 10.2 Å². The van der Waals surface area contributed by atoms with E-state index in [-0.39, 0.29) is 31.0 Å². The molecule has 34 heavy (non-hydrogen) atoms. The van der Waals surface area contributed by atoms with Gasteiger partial charge >= 0.3 is 0 Å². The van der Waals surface area contributed by atoms with Crippen LogP contribution in [0.3, 0.4) is 0 Å². The number of hydrogen-bond acceptors (Lipinski definition) is 3. The summed E-state index contributed by atoms with van der Waals surface area (Å²) in [5, 5.41) is 5.78. The van der Waals surface area contributed by atoms with Crippen LogP contribution in [0.25, 0.3) is 10.8 Å². The number of fused-ring (bicyclic) bond motifs is 1. The summed E-state index contributed by atoms with van der Waals surface area (Å²) in [6.45, 7) is 1.85. The number of benzene rings is 3. The molecular weight excluding hydrogens is 516 g/mol. The van der Waals surface area contributed by atoms with E-state index < -0.39 is 6.04 Å². The molecule has 1 fully saturated rings. The fourth-order valence-electron chi connectivity index (χ4n) is 4.35. The maximum Gasteiger partial charge on any atom is 0.261 e. The molecule has 1 atom stereocenters. The molecule has 1 N–H and O–H groups in total. The summed E-state index contributed by atoms with van der Waals surface area (Å²) >= 11 is 9.76. The van der Waals surface area contributed by atoms with E-state index in [0.29, 0.717) is 10.8 Å². The average Bonchev–Trinajstić information content (AvgIpc) is 3.35. The van der Waals surface area contributed by atoms with Crippen LogP contribution in [0, 0.1) is 0 Å². The minimum atomic E-state index is -0.643. The molecule has 5 nitrogen and oxygen atoms in total. The van der Waals surface area contributed by atoms with Crippen molar-refractivity contribution in [3.8, 4) is 5.75 Å². The molecule has 0 radical (unpaired) electrons. The van der Waals surface area contributed by atoms with E-state index in [1.165, 1.54) is 0 Å². The van der Waals surface area contributed by atoms with Crippen LogP contribution < -0.4 is 10.1 Å². The van der Waals surface area contributed by atoms with Crippen LogP contribution in [0.15, 0.2) is 65.1 Å². The molecule has 0 aromatic heterocycles. The fourth-order valence-corrected chi connectivity index (χ4v) is 5.17. The standard InChI is InChI=1S/C27H28BrClN2O3/c1-18(27(33)30-22-10-3-4-11-22)31(16-19-7-6-9-21(29)15-19)25(32)17-34-24-14-13-20-8-2-5-12-23(20)26(24)28/h2,5-9,12-15,18,22H,3-4,10-11,16-17H2,1H3,(H,30,33). The van der Waals surface area contributed by atoms with Gasteiger partial charge in [0, 0.05) is 17.6 Å². The number of nitrogens with one attached hydrogen (secondary N) is 1. The lowest BCUT2D eigenvalue weighted by Gasteiger charge is -2.29. The molecule has 3 aromatic carbocycles. The Kier molecular flexibility index (Phi) is 8.11. The number of carbonyl (C=O) groups is 2. The highest BCUT2D eigenvalue weighted by Gasteiger charge is 2.29. The summed E-state index contributed by atoms with van der Waals surface area (Å²) in [6.07, 6.45) is 4.22. The molecule has 1 aliphatic carbocycles. The van der Waals surface area contributed by atoms with Crippen molar-refractivity contribution in [3.05, 3.63) is 75.7 Å². The third-order valence-corrected chi connectivity index (χ3v) is 7.34. The number of halogens is 2. The Bertz CT molecular complexity index is 1180. The minimum Gasteiger partial charge on any atom is -0.483 e. The molecule has 1 unspecified atom stereocenters. The number of amides is 2. The molecule has 1 aliphatic rings. The van der Waals surface area contributed by atoms with Crippen LogP contribution in [0.1, 0.15) is 38.2 Å². The molecule has 1 saturated carbocycles. The first-order chi connectivity index (χ1) is 16.4. The predicted octanol–water partition coefficient (Wildman–Crippen LogP) is 6.11. The van der Waals surface area contributed by atoms with Gasteiger partial charge in [0.15, 0.2) is 6.61 Å². The molecule has 0 saturated heterocycles. The van der Waals surface area contributed by atoms with Gasteiger partial charge in [-0.25, -0.2) is 0 Å². The highest BCUT2D eigenvalue weighted by Crippen LogP contribution is 2.33. The van der Waals surface area contributed by atoms with Gasteiger partial charge in [-0.05, 0) is 70.2 Å². The summed E-state index contributed by atoms with van der Waals surface area (Å²) < 4.78 is 6.71. The number of ether oxygens (including phenoxy) is 1. The minimum absolute atomic E-state index is 0.144. The van der Waals surface area contributed by atoms with Crippen LogP contribution in [-0.4, -0.2) is 35.4 Å². The zero-order valence-electron chi connectivity index (χ0n) is 19.1. The Morgan fingerprint density at radius 2 is 1.88 bits per heavy atom. The first kappa shape index (κ1) is 24.6. The molecular formula is C27H28BrClN2O3. The summed E-state index contributed by atoms with van der Waals surface area (Å²) in [5.41, 5.74) is 0.855. The lowest BCUT2D eigenvalue weighted by molar-refractivity contribution is -0.142. The van der Waals surface area contributed by atoms with Crippen molar-refractivity contribution in [2.24, 2.45) is 0 Å². The molecule has 2 amide bonds. The maximum atomic E-state index is 13.3. The molecule has 7 heteroatoms. The zero-order chi connectivity index (χ0) is 24.1. The summed E-state index contributed by atoms with van der Waals surface area (Å²) in [4.78, 5) is 27.9. The third kappa shape index (κ3) is 5.91. The predicted molar refractivity (Wildman–Crippen MR) is 139 cm³/mol. The second kappa shape index (κ2) is 11.2. The smallest absolute Gasteiger partial charge is 0.261 e.